The lowest BCUT2D eigenvalue weighted by molar-refractivity contribution is -0.128. The second-order valence-corrected chi connectivity index (χ2v) is 7.01. The fourth-order valence-corrected chi connectivity index (χ4v) is 3.51. The highest BCUT2D eigenvalue weighted by atomic mass is 16.5. The fraction of sp³-hybridized carbons (Fsp3) is 0.611. The van der Waals surface area contributed by atoms with Crippen molar-refractivity contribution in [3.63, 3.8) is 0 Å². The van der Waals surface area contributed by atoms with E-state index in [1.165, 1.54) is 6.92 Å². The number of aryl methyl sites for hydroxylation is 3. The predicted molar refractivity (Wildman–Crippen MR) is 94.8 cm³/mol. The molecule has 0 unspecified atom stereocenters. The van der Waals surface area contributed by atoms with Gasteiger partial charge >= 0.3 is 0 Å². The molecule has 2 aromatic heterocycles. The van der Waals surface area contributed by atoms with Gasteiger partial charge in [-0.05, 0) is 33.6 Å². The van der Waals surface area contributed by atoms with Gasteiger partial charge in [0, 0.05) is 32.1 Å². The number of carbonyl (C=O) groups is 2. The van der Waals surface area contributed by atoms with Crippen molar-refractivity contribution in [1.82, 2.24) is 25.5 Å². The molecule has 0 radical (unpaired) electrons. The summed E-state index contributed by atoms with van der Waals surface area (Å²) in [6, 6.07) is 0. The molecule has 0 aromatic carbocycles. The summed E-state index contributed by atoms with van der Waals surface area (Å²) in [5.74, 6) is 0.907. The van der Waals surface area contributed by atoms with Crippen molar-refractivity contribution in [3.8, 4) is 0 Å². The molecule has 0 aliphatic carbocycles. The van der Waals surface area contributed by atoms with Crippen LogP contribution in [0.15, 0.2) is 9.05 Å². The van der Waals surface area contributed by atoms with Crippen molar-refractivity contribution in [3.05, 3.63) is 28.7 Å². The van der Waals surface area contributed by atoms with Crippen LogP contribution in [0, 0.1) is 26.7 Å². The minimum atomic E-state index is -0.396. The van der Waals surface area contributed by atoms with Crippen LogP contribution in [0.1, 0.15) is 48.0 Å². The van der Waals surface area contributed by atoms with Crippen LogP contribution in [0.25, 0.3) is 0 Å². The maximum atomic E-state index is 12.7. The van der Waals surface area contributed by atoms with Crippen molar-refractivity contribution in [2.75, 3.05) is 19.6 Å². The van der Waals surface area contributed by atoms with Crippen LogP contribution in [0.2, 0.25) is 0 Å². The Morgan fingerprint density at radius 3 is 2.56 bits per heavy atom. The minimum Gasteiger partial charge on any atom is -0.361 e. The SMILES string of the molecule is CC(=O)N1C[C@@H](C(=O)NCCCc2c(C)noc2C)[C@H](c2nc(C)no2)C1. The number of carbonyl (C=O) groups excluding carboxylic acids is 2. The molecule has 2 amide bonds. The molecule has 3 rings (SSSR count). The van der Waals surface area contributed by atoms with Crippen LogP contribution in [0.5, 0.6) is 0 Å². The lowest BCUT2D eigenvalue weighted by atomic mass is 9.95. The van der Waals surface area contributed by atoms with Gasteiger partial charge < -0.3 is 19.3 Å². The quantitative estimate of drug-likeness (QED) is 0.757. The third-order valence-corrected chi connectivity index (χ3v) is 5.05. The van der Waals surface area contributed by atoms with Crippen molar-refractivity contribution >= 4 is 11.8 Å². The van der Waals surface area contributed by atoms with Crippen LogP contribution >= 0.6 is 0 Å². The van der Waals surface area contributed by atoms with Gasteiger partial charge in [0.1, 0.15) is 5.76 Å². The van der Waals surface area contributed by atoms with Crippen molar-refractivity contribution in [1.29, 1.82) is 0 Å². The Hall–Kier alpha value is -2.71. The molecule has 1 fully saturated rings. The maximum Gasteiger partial charge on any atom is 0.232 e. The first-order valence-electron chi connectivity index (χ1n) is 9.12. The summed E-state index contributed by atoms with van der Waals surface area (Å²) in [5, 5.41) is 10.7. The number of likely N-dealkylation sites (tertiary alicyclic amines) is 1. The topological polar surface area (TPSA) is 114 Å². The summed E-state index contributed by atoms with van der Waals surface area (Å²) in [7, 11) is 0. The van der Waals surface area contributed by atoms with E-state index in [1.807, 2.05) is 13.8 Å². The van der Waals surface area contributed by atoms with E-state index >= 15 is 0 Å². The van der Waals surface area contributed by atoms with Gasteiger partial charge in [-0.25, -0.2) is 0 Å². The van der Waals surface area contributed by atoms with Crippen molar-refractivity contribution in [2.24, 2.45) is 5.92 Å². The smallest absolute Gasteiger partial charge is 0.232 e. The largest absolute Gasteiger partial charge is 0.361 e. The van der Waals surface area contributed by atoms with Crippen LogP contribution < -0.4 is 5.32 Å². The summed E-state index contributed by atoms with van der Waals surface area (Å²) >= 11 is 0. The molecule has 1 aliphatic rings. The number of amides is 2. The summed E-state index contributed by atoms with van der Waals surface area (Å²) in [5.41, 5.74) is 1.98. The molecule has 9 nitrogen and oxygen atoms in total. The van der Waals surface area contributed by atoms with Gasteiger partial charge in [0.25, 0.3) is 0 Å². The zero-order chi connectivity index (χ0) is 19.6. The maximum absolute atomic E-state index is 12.7. The van der Waals surface area contributed by atoms with E-state index in [1.54, 1.807) is 11.8 Å². The minimum absolute atomic E-state index is 0.0649. The zero-order valence-corrected chi connectivity index (χ0v) is 16.1. The molecule has 1 saturated heterocycles. The van der Waals surface area contributed by atoms with Gasteiger partial charge in [0.2, 0.25) is 17.7 Å². The standard InChI is InChI=1S/C18H25N5O4/c1-10-14(11(2)26-21-10)6-5-7-19-17(25)15-8-23(13(4)24)9-16(15)18-20-12(3)22-27-18/h15-16H,5-9H2,1-4H3,(H,19,25)/t15-,16-/m1/s1. The Labute approximate surface area is 157 Å². The lowest BCUT2D eigenvalue weighted by Gasteiger charge is -2.15. The number of nitrogens with zero attached hydrogens (tertiary/aromatic N) is 4. The highest BCUT2D eigenvalue weighted by molar-refractivity contribution is 5.82. The van der Waals surface area contributed by atoms with Gasteiger partial charge in [0.05, 0.1) is 17.5 Å². The molecule has 146 valence electrons. The average molecular weight is 375 g/mol. The van der Waals surface area contributed by atoms with E-state index in [2.05, 4.69) is 20.6 Å². The van der Waals surface area contributed by atoms with Crippen LogP contribution in [0.4, 0.5) is 0 Å². The first-order chi connectivity index (χ1) is 12.9. The van der Waals surface area contributed by atoms with Crippen molar-refractivity contribution in [2.45, 2.75) is 46.5 Å². The Balaban J connectivity index is 1.58. The lowest BCUT2D eigenvalue weighted by Crippen LogP contribution is -2.36. The highest BCUT2D eigenvalue weighted by Gasteiger charge is 2.42. The van der Waals surface area contributed by atoms with E-state index in [0.717, 1.165) is 29.9 Å². The molecule has 0 spiro atoms. The third-order valence-electron chi connectivity index (χ3n) is 5.05. The predicted octanol–water partition coefficient (Wildman–Crippen LogP) is 1.29. The monoisotopic (exact) mass is 375 g/mol. The Morgan fingerprint density at radius 1 is 1.19 bits per heavy atom. The first-order valence-corrected chi connectivity index (χ1v) is 9.12. The second-order valence-electron chi connectivity index (χ2n) is 7.01. The summed E-state index contributed by atoms with van der Waals surface area (Å²) in [6.45, 7) is 8.34. The molecule has 0 saturated carbocycles. The average Bonchev–Trinajstić information content (AvgIpc) is 3.32. The number of nitrogens with one attached hydrogen (secondary N) is 1. The third kappa shape index (κ3) is 4.17. The molecule has 2 aromatic rings. The molecule has 3 heterocycles. The Bertz CT molecular complexity index is 808. The van der Waals surface area contributed by atoms with Crippen molar-refractivity contribution < 1.29 is 18.6 Å². The van der Waals surface area contributed by atoms with E-state index in [4.69, 9.17) is 9.05 Å². The summed E-state index contributed by atoms with van der Waals surface area (Å²) in [4.78, 5) is 30.4. The van der Waals surface area contributed by atoms with Crippen LogP contribution in [-0.2, 0) is 16.0 Å². The van der Waals surface area contributed by atoms with Gasteiger partial charge in [-0.1, -0.05) is 10.3 Å². The van der Waals surface area contributed by atoms with E-state index in [9.17, 15) is 9.59 Å². The molecule has 27 heavy (non-hydrogen) atoms. The van der Waals surface area contributed by atoms with E-state index in [-0.39, 0.29) is 17.7 Å². The first kappa shape index (κ1) is 19.1. The molecule has 9 heteroatoms. The number of aromatic nitrogens is 3. The zero-order valence-electron chi connectivity index (χ0n) is 16.1. The Morgan fingerprint density at radius 2 is 1.96 bits per heavy atom. The Kier molecular flexibility index (Phi) is 5.57. The van der Waals surface area contributed by atoms with Crippen LogP contribution in [0.3, 0.4) is 0 Å². The highest BCUT2D eigenvalue weighted by Crippen LogP contribution is 2.32. The van der Waals surface area contributed by atoms with Gasteiger partial charge in [-0.2, -0.15) is 4.98 Å². The van der Waals surface area contributed by atoms with E-state index in [0.29, 0.717) is 31.3 Å². The number of rotatable bonds is 6. The number of hydrogen-bond acceptors (Lipinski definition) is 7. The normalized spacial score (nSPS) is 19.5. The van der Waals surface area contributed by atoms with Gasteiger partial charge in [0.15, 0.2) is 5.82 Å². The summed E-state index contributed by atoms with van der Waals surface area (Å²) < 4.78 is 10.4. The fourth-order valence-electron chi connectivity index (χ4n) is 3.51. The summed E-state index contributed by atoms with van der Waals surface area (Å²) in [6.07, 6.45) is 1.57. The molecule has 1 aliphatic heterocycles. The van der Waals surface area contributed by atoms with Gasteiger partial charge in [-0.15, -0.1) is 0 Å². The van der Waals surface area contributed by atoms with Crippen LogP contribution in [-0.4, -0.2) is 51.6 Å². The molecular formula is C18H25N5O4. The molecule has 0 bridgehead atoms. The second kappa shape index (κ2) is 7.89. The molecule has 1 N–H and O–H groups in total. The molecule has 2 atom stereocenters. The number of hydrogen-bond donors (Lipinski definition) is 1. The van der Waals surface area contributed by atoms with Gasteiger partial charge in [-0.3, -0.25) is 9.59 Å². The van der Waals surface area contributed by atoms with E-state index < -0.39 is 5.92 Å². The molecular weight excluding hydrogens is 350 g/mol.